The summed E-state index contributed by atoms with van der Waals surface area (Å²) >= 11 is 5.17. The molecule has 5 heteroatoms. The van der Waals surface area contributed by atoms with Crippen LogP contribution in [0, 0.1) is 0 Å². The molecule has 84 valence electrons. The van der Waals surface area contributed by atoms with Crippen LogP contribution in [-0.2, 0) is 11.3 Å². The molecule has 0 bridgehead atoms. The van der Waals surface area contributed by atoms with E-state index in [1.165, 1.54) is 4.88 Å². The molecule has 0 amide bonds. The first-order valence-electron chi connectivity index (χ1n) is 4.85. The third kappa shape index (κ3) is 2.79. The number of halogens is 1. The van der Waals surface area contributed by atoms with Crippen molar-refractivity contribution in [3.05, 3.63) is 20.8 Å². The number of ether oxygens (including phenoxy) is 1. The van der Waals surface area contributed by atoms with Gasteiger partial charge in [0, 0.05) is 41.5 Å². The summed E-state index contributed by atoms with van der Waals surface area (Å²) in [6.45, 7) is 2.41. The Morgan fingerprint density at radius 3 is 3.00 bits per heavy atom. The number of β-amino-alcohol motifs (C(OH)–C–C–N with tert-alkyl or cyclic N) is 1. The maximum Gasteiger partial charge on any atom is 0.0969 e. The van der Waals surface area contributed by atoms with E-state index in [0.29, 0.717) is 6.54 Å². The number of nitrogens with zero attached hydrogens (tertiary/aromatic N) is 1. The molecule has 3 nitrogen and oxygen atoms in total. The van der Waals surface area contributed by atoms with Gasteiger partial charge in [-0.15, -0.1) is 11.3 Å². The third-order valence-corrected chi connectivity index (χ3v) is 4.30. The molecule has 15 heavy (non-hydrogen) atoms. The molecule has 0 unspecified atom stereocenters. The number of thiophene rings is 1. The number of likely N-dealkylation sites (tertiary alicyclic amines) is 1. The highest BCUT2D eigenvalue weighted by Gasteiger charge is 2.31. The van der Waals surface area contributed by atoms with Crippen LogP contribution in [0.5, 0.6) is 0 Å². The molecular weight excluding hydrogens is 278 g/mol. The molecule has 1 aromatic heterocycles. The lowest BCUT2D eigenvalue weighted by atomic mass is 10.3. The smallest absolute Gasteiger partial charge is 0.0969 e. The van der Waals surface area contributed by atoms with Crippen LogP contribution in [0.1, 0.15) is 4.88 Å². The van der Waals surface area contributed by atoms with Crippen molar-refractivity contribution in [3.63, 3.8) is 0 Å². The normalized spacial score (nSPS) is 27.4. The van der Waals surface area contributed by atoms with Gasteiger partial charge in [-0.3, -0.25) is 4.90 Å². The number of hydrogen-bond donors (Lipinski definition) is 1. The molecule has 1 saturated heterocycles. The molecule has 0 aliphatic carbocycles. The Labute approximate surface area is 102 Å². The predicted octanol–water partition coefficient (Wildman–Crippen LogP) is 1.70. The Hall–Kier alpha value is 0.0600. The molecule has 0 saturated carbocycles. The van der Waals surface area contributed by atoms with Crippen molar-refractivity contribution in [2.24, 2.45) is 0 Å². The average Bonchev–Trinajstić information content (AvgIpc) is 2.73. The fourth-order valence-corrected chi connectivity index (χ4v) is 3.34. The lowest BCUT2D eigenvalue weighted by molar-refractivity contribution is 0.0215. The molecular formula is C10H14BrNO2S. The fraction of sp³-hybridized carbons (Fsp3) is 0.600. The predicted molar refractivity (Wildman–Crippen MR) is 64.1 cm³/mol. The summed E-state index contributed by atoms with van der Waals surface area (Å²) in [6, 6.07) is 2.12. The summed E-state index contributed by atoms with van der Waals surface area (Å²) < 4.78 is 6.33. The summed E-state index contributed by atoms with van der Waals surface area (Å²) in [5.74, 6) is 0. The summed E-state index contributed by atoms with van der Waals surface area (Å²) in [6.07, 6.45) is -0.383. The first kappa shape index (κ1) is 11.5. The SMILES string of the molecule is CO[C@@H]1CN(Cc2cc(Br)cs2)C[C@H]1O. The van der Waals surface area contributed by atoms with Crippen molar-refractivity contribution < 1.29 is 9.84 Å². The quantitative estimate of drug-likeness (QED) is 0.920. The van der Waals surface area contributed by atoms with Crippen molar-refractivity contribution in [2.45, 2.75) is 18.8 Å². The van der Waals surface area contributed by atoms with Gasteiger partial charge in [0.25, 0.3) is 0 Å². The Morgan fingerprint density at radius 1 is 1.67 bits per heavy atom. The minimum atomic E-state index is -0.349. The van der Waals surface area contributed by atoms with E-state index < -0.39 is 0 Å². The van der Waals surface area contributed by atoms with E-state index in [-0.39, 0.29) is 12.2 Å². The van der Waals surface area contributed by atoms with Crippen LogP contribution in [0.3, 0.4) is 0 Å². The Balaban J connectivity index is 1.92. The number of hydrogen-bond acceptors (Lipinski definition) is 4. The summed E-state index contributed by atoms with van der Waals surface area (Å²) in [4.78, 5) is 3.53. The molecule has 2 heterocycles. The third-order valence-electron chi connectivity index (χ3n) is 2.62. The van der Waals surface area contributed by atoms with E-state index in [0.717, 1.165) is 17.6 Å². The topological polar surface area (TPSA) is 32.7 Å². The van der Waals surface area contributed by atoms with Gasteiger partial charge in [-0.1, -0.05) is 0 Å². The van der Waals surface area contributed by atoms with Gasteiger partial charge in [0.2, 0.25) is 0 Å². The number of aliphatic hydroxyl groups excluding tert-OH is 1. The molecule has 0 aromatic carbocycles. The molecule has 1 N–H and O–H groups in total. The Morgan fingerprint density at radius 2 is 2.47 bits per heavy atom. The van der Waals surface area contributed by atoms with Crippen LogP contribution in [-0.4, -0.2) is 42.4 Å². The number of aliphatic hydroxyl groups is 1. The first-order chi connectivity index (χ1) is 7.19. The van der Waals surface area contributed by atoms with Gasteiger partial charge >= 0.3 is 0 Å². The largest absolute Gasteiger partial charge is 0.389 e. The zero-order valence-electron chi connectivity index (χ0n) is 8.52. The van der Waals surface area contributed by atoms with Gasteiger partial charge in [-0.05, 0) is 22.0 Å². The molecule has 0 radical (unpaired) electrons. The minimum Gasteiger partial charge on any atom is -0.389 e. The lowest BCUT2D eigenvalue weighted by Gasteiger charge is -2.13. The molecule has 1 fully saturated rings. The maximum atomic E-state index is 9.67. The molecule has 2 atom stereocenters. The lowest BCUT2D eigenvalue weighted by Crippen LogP contribution is -2.25. The van der Waals surface area contributed by atoms with E-state index in [1.807, 2.05) is 0 Å². The summed E-state index contributed by atoms with van der Waals surface area (Å²) in [7, 11) is 1.65. The maximum absolute atomic E-state index is 9.67. The van der Waals surface area contributed by atoms with E-state index >= 15 is 0 Å². The van der Waals surface area contributed by atoms with E-state index in [9.17, 15) is 5.11 Å². The molecule has 0 spiro atoms. The summed E-state index contributed by atoms with van der Waals surface area (Å²) in [5, 5.41) is 11.7. The highest BCUT2D eigenvalue weighted by molar-refractivity contribution is 9.10. The van der Waals surface area contributed by atoms with Crippen molar-refractivity contribution in [1.82, 2.24) is 4.90 Å². The molecule has 1 aromatic rings. The van der Waals surface area contributed by atoms with Crippen molar-refractivity contribution in [2.75, 3.05) is 20.2 Å². The zero-order valence-corrected chi connectivity index (χ0v) is 10.9. The van der Waals surface area contributed by atoms with Crippen LogP contribution >= 0.6 is 27.3 Å². The van der Waals surface area contributed by atoms with Crippen molar-refractivity contribution in [1.29, 1.82) is 0 Å². The van der Waals surface area contributed by atoms with Crippen LogP contribution < -0.4 is 0 Å². The monoisotopic (exact) mass is 291 g/mol. The van der Waals surface area contributed by atoms with Crippen LogP contribution in [0.25, 0.3) is 0 Å². The highest BCUT2D eigenvalue weighted by Crippen LogP contribution is 2.23. The molecule has 1 aliphatic heterocycles. The van der Waals surface area contributed by atoms with Gasteiger partial charge in [-0.25, -0.2) is 0 Å². The summed E-state index contributed by atoms with van der Waals surface area (Å²) in [5.41, 5.74) is 0. The Bertz CT molecular complexity index is 331. The van der Waals surface area contributed by atoms with E-state index in [2.05, 4.69) is 32.3 Å². The van der Waals surface area contributed by atoms with Gasteiger partial charge in [0.05, 0.1) is 12.2 Å². The molecule has 1 aliphatic rings. The second kappa shape index (κ2) is 4.93. The fourth-order valence-electron chi connectivity index (χ4n) is 1.85. The van der Waals surface area contributed by atoms with E-state index in [4.69, 9.17) is 4.74 Å². The standard InChI is InChI=1S/C10H14BrNO2S/c1-14-10-5-12(4-9(10)13)3-8-2-7(11)6-15-8/h2,6,9-10,13H,3-5H2,1H3/t9-,10-/m1/s1. The van der Waals surface area contributed by atoms with Crippen LogP contribution in [0.4, 0.5) is 0 Å². The second-order valence-electron chi connectivity index (χ2n) is 3.77. The van der Waals surface area contributed by atoms with Crippen LogP contribution in [0.15, 0.2) is 15.9 Å². The van der Waals surface area contributed by atoms with Crippen molar-refractivity contribution in [3.8, 4) is 0 Å². The van der Waals surface area contributed by atoms with Gasteiger partial charge in [-0.2, -0.15) is 0 Å². The Kier molecular flexibility index (Phi) is 3.79. The zero-order chi connectivity index (χ0) is 10.8. The van der Waals surface area contributed by atoms with Gasteiger partial charge in [0.1, 0.15) is 0 Å². The minimum absolute atomic E-state index is 0.0339. The highest BCUT2D eigenvalue weighted by atomic mass is 79.9. The average molecular weight is 292 g/mol. The van der Waals surface area contributed by atoms with Gasteiger partial charge < -0.3 is 9.84 Å². The second-order valence-corrected chi connectivity index (χ2v) is 5.68. The van der Waals surface area contributed by atoms with Crippen molar-refractivity contribution >= 4 is 27.3 Å². The number of methoxy groups -OCH3 is 1. The number of rotatable bonds is 3. The molecule has 2 rings (SSSR count). The van der Waals surface area contributed by atoms with E-state index in [1.54, 1.807) is 18.4 Å². The van der Waals surface area contributed by atoms with Gasteiger partial charge in [0.15, 0.2) is 0 Å². The van der Waals surface area contributed by atoms with Crippen LogP contribution in [0.2, 0.25) is 0 Å². The first-order valence-corrected chi connectivity index (χ1v) is 6.52.